The summed E-state index contributed by atoms with van der Waals surface area (Å²) in [7, 11) is 0. The molecule has 0 bridgehead atoms. The molecule has 1 aliphatic heterocycles. The molecular weight excluding hydrogens is 652 g/mol. The number of nitrogens with one attached hydrogen (secondary N) is 1. The first kappa shape index (κ1) is 39.1. The van der Waals surface area contributed by atoms with E-state index in [1.54, 1.807) is 10.9 Å². The minimum absolute atomic E-state index is 0.0848. The molecule has 19 heteroatoms. The van der Waals surface area contributed by atoms with Crippen molar-refractivity contribution in [2.75, 3.05) is 99.0 Å². The van der Waals surface area contributed by atoms with Crippen molar-refractivity contribution in [1.29, 1.82) is 0 Å². The third kappa shape index (κ3) is 17.0. The monoisotopic (exact) mass is 694 g/mol. The number of rotatable bonds is 28. The Morgan fingerprint density at radius 2 is 1.18 bits per heavy atom. The molecular formula is C30H42N6O13. The third-order valence-electron chi connectivity index (χ3n) is 6.28. The molecule has 0 spiro atoms. The second-order valence-electron chi connectivity index (χ2n) is 9.92. The van der Waals surface area contributed by atoms with Gasteiger partial charge in [0.2, 0.25) is 0 Å². The van der Waals surface area contributed by atoms with E-state index >= 15 is 0 Å². The zero-order chi connectivity index (χ0) is 34.9. The lowest BCUT2D eigenvalue weighted by Gasteiger charge is -2.10. The van der Waals surface area contributed by atoms with Crippen LogP contribution < -0.4 is 10.1 Å². The van der Waals surface area contributed by atoms with Crippen molar-refractivity contribution >= 4 is 23.6 Å². The van der Waals surface area contributed by atoms with E-state index in [1.807, 2.05) is 0 Å². The number of non-ortho nitro benzene ring substituents is 1. The van der Waals surface area contributed by atoms with Crippen molar-refractivity contribution in [3.05, 3.63) is 58.4 Å². The molecule has 1 aromatic carbocycles. The normalized spacial score (nSPS) is 12.6. The van der Waals surface area contributed by atoms with Gasteiger partial charge in [-0.25, -0.2) is 9.48 Å². The van der Waals surface area contributed by atoms with Gasteiger partial charge in [0.15, 0.2) is 0 Å². The highest BCUT2D eigenvalue weighted by atomic mass is 16.6. The molecule has 0 saturated carbocycles. The molecule has 1 N–H and O–H groups in total. The van der Waals surface area contributed by atoms with Gasteiger partial charge in [-0.15, -0.1) is 5.10 Å². The van der Waals surface area contributed by atoms with E-state index in [4.69, 9.17) is 37.9 Å². The predicted molar refractivity (Wildman–Crippen MR) is 168 cm³/mol. The Bertz CT molecular complexity index is 1290. The lowest BCUT2D eigenvalue weighted by atomic mass is 10.3. The average Bonchev–Trinajstić information content (AvgIpc) is 3.68. The summed E-state index contributed by atoms with van der Waals surface area (Å²) in [6.45, 7) is 6.48. The van der Waals surface area contributed by atoms with Gasteiger partial charge in [0, 0.05) is 30.8 Å². The molecule has 3 amide bonds. The highest BCUT2D eigenvalue weighted by Gasteiger charge is 2.24. The van der Waals surface area contributed by atoms with Crippen LogP contribution >= 0.6 is 0 Å². The van der Waals surface area contributed by atoms with Gasteiger partial charge < -0.3 is 43.2 Å². The second kappa shape index (κ2) is 23.9. The smallest absolute Gasteiger partial charge is 0.410 e. The van der Waals surface area contributed by atoms with Gasteiger partial charge in [-0.2, -0.15) is 0 Å². The van der Waals surface area contributed by atoms with E-state index in [1.165, 1.54) is 36.4 Å². The number of carbonyl (C=O) groups excluding carboxylic acids is 3. The highest BCUT2D eigenvalue weighted by Crippen LogP contribution is 2.17. The number of hydrogen-bond donors (Lipinski definition) is 1. The van der Waals surface area contributed by atoms with E-state index < -0.39 is 11.0 Å². The van der Waals surface area contributed by atoms with Crippen LogP contribution in [0, 0.1) is 10.1 Å². The third-order valence-corrected chi connectivity index (χ3v) is 6.28. The van der Waals surface area contributed by atoms with Crippen LogP contribution in [0.15, 0.2) is 42.6 Å². The van der Waals surface area contributed by atoms with Gasteiger partial charge in [-0.3, -0.25) is 24.6 Å². The van der Waals surface area contributed by atoms with Crippen molar-refractivity contribution in [1.82, 2.24) is 25.2 Å². The Morgan fingerprint density at radius 3 is 1.67 bits per heavy atom. The first-order valence-corrected chi connectivity index (χ1v) is 15.6. The molecule has 0 fully saturated rings. The molecule has 0 saturated heterocycles. The Labute approximate surface area is 282 Å². The van der Waals surface area contributed by atoms with E-state index in [9.17, 15) is 24.5 Å². The van der Waals surface area contributed by atoms with Crippen LogP contribution in [0.4, 0.5) is 10.5 Å². The van der Waals surface area contributed by atoms with Gasteiger partial charge in [-0.05, 0) is 12.1 Å². The number of aromatic nitrogens is 3. The molecule has 2 aromatic rings. The maximum atomic E-state index is 11.7. The largest absolute Gasteiger partial charge is 0.412 e. The molecule has 1 aliphatic rings. The number of imide groups is 1. The number of carbonyl (C=O) groups is 3. The molecule has 0 atom stereocenters. The van der Waals surface area contributed by atoms with Crippen molar-refractivity contribution in [3.63, 3.8) is 0 Å². The fourth-order valence-corrected chi connectivity index (χ4v) is 3.85. The summed E-state index contributed by atoms with van der Waals surface area (Å²) in [5.74, 6) is -0.522. The zero-order valence-electron chi connectivity index (χ0n) is 27.1. The Hall–Kier alpha value is -4.37. The lowest BCUT2D eigenvalue weighted by Crippen LogP contribution is -2.30. The van der Waals surface area contributed by atoms with Gasteiger partial charge >= 0.3 is 6.09 Å². The molecule has 270 valence electrons. The molecule has 0 aliphatic carbocycles. The van der Waals surface area contributed by atoms with Gasteiger partial charge in [0.1, 0.15) is 11.4 Å². The minimum atomic E-state index is -0.685. The number of nitro benzene ring substituents is 1. The molecule has 19 nitrogen and oxygen atoms in total. The van der Waals surface area contributed by atoms with Crippen molar-refractivity contribution in [2.45, 2.75) is 13.1 Å². The lowest BCUT2D eigenvalue weighted by molar-refractivity contribution is -0.384. The van der Waals surface area contributed by atoms with E-state index in [2.05, 4.69) is 15.6 Å². The fourth-order valence-electron chi connectivity index (χ4n) is 3.85. The van der Waals surface area contributed by atoms with Crippen LogP contribution in [-0.2, 0) is 55.8 Å². The van der Waals surface area contributed by atoms with Crippen LogP contribution in [0.1, 0.15) is 5.69 Å². The molecule has 0 radical (unpaired) electrons. The number of nitro groups is 1. The molecule has 1 aromatic heterocycles. The molecule has 49 heavy (non-hydrogen) atoms. The zero-order valence-corrected chi connectivity index (χ0v) is 27.1. The maximum Gasteiger partial charge on any atom is 0.412 e. The molecule has 0 unspecified atom stereocenters. The predicted octanol–water partition coefficient (Wildman–Crippen LogP) is 0.516. The van der Waals surface area contributed by atoms with Crippen LogP contribution in [0.2, 0.25) is 0 Å². The summed E-state index contributed by atoms with van der Waals surface area (Å²) in [4.78, 5) is 46.2. The van der Waals surface area contributed by atoms with Crippen molar-refractivity contribution in [3.8, 4) is 5.75 Å². The summed E-state index contributed by atoms with van der Waals surface area (Å²) in [5, 5.41) is 21.1. The molecule has 2 heterocycles. The summed E-state index contributed by atoms with van der Waals surface area (Å²) >= 11 is 0. The van der Waals surface area contributed by atoms with E-state index in [0.29, 0.717) is 98.1 Å². The maximum absolute atomic E-state index is 11.7. The van der Waals surface area contributed by atoms with E-state index in [-0.39, 0.29) is 42.9 Å². The van der Waals surface area contributed by atoms with Crippen LogP contribution in [0.5, 0.6) is 5.75 Å². The van der Waals surface area contributed by atoms with Crippen LogP contribution in [0.3, 0.4) is 0 Å². The standard InChI is InChI=1S/C30H42N6O13/c37-28-5-6-29(38)35(28)24-25-23-34(33-32-25)8-10-43-12-14-45-16-18-47-20-22-48-21-19-46-17-15-44-13-11-42-9-7-31-30(39)49-27-3-1-26(2-4-27)36(40)41/h1-6,23H,7-22,24H2,(H,31,39). The fraction of sp³-hybridized carbons (Fsp3) is 0.567. The average molecular weight is 695 g/mol. The number of ether oxygens (including phenoxy) is 8. The van der Waals surface area contributed by atoms with Gasteiger partial charge in [0.05, 0.1) is 117 Å². The summed E-state index contributed by atoms with van der Waals surface area (Å²) in [6, 6.07) is 5.18. The minimum Gasteiger partial charge on any atom is -0.410 e. The van der Waals surface area contributed by atoms with Crippen molar-refractivity contribution in [2.24, 2.45) is 0 Å². The summed E-state index contributed by atoms with van der Waals surface area (Å²) < 4.78 is 44.7. The number of hydrogen-bond acceptors (Lipinski definition) is 15. The number of nitrogens with zero attached hydrogens (tertiary/aromatic N) is 5. The summed E-state index contributed by atoms with van der Waals surface area (Å²) in [5.41, 5.74) is 0.428. The first-order chi connectivity index (χ1) is 23.9. The Kier molecular flexibility index (Phi) is 19.0. The Balaban J connectivity index is 0.975. The summed E-state index contributed by atoms with van der Waals surface area (Å²) in [6.07, 6.45) is 3.45. The Morgan fingerprint density at radius 1 is 0.714 bits per heavy atom. The van der Waals surface area contributed by atoms with Crippen LogP contribution in [-0.4, -0.2) is 142 Å². The van der Waals surface area contributed by atoms with Crippen LogP contribution in [0.25, 0.3) is 0 Å². The van der Waals surface area contributed by atoms with Gasteiger partial charge in [-0.1, -0.05) is 5.21 Å². The van der Waals surface area contributed by atoms with Gasteiger partial charge in [0.25, 0.3) is 17.5 Å². The SMILES string of the molecule is O=C(NCCOCCOCCOCCOCCOCCOCCOCCn1cc(CN2C(=O)C=CC2=O)nn1)Oc1ccc([N+](=O)[O-])cc1. The highest BCUT2D eigenvalue weighted by molar-refractivity contribution is 6.12. The molecule has 3 rings (SSSR count). The number of benzene rings is 1. The topological polar surface area (TPSA) is 214 Å². The second-order valence-corrected chi connectivity index (χ2v) is 9.92. The first-order valence-electron chi connectivity index (χ1n) is 15.6. The van der Waals surface area contributed by atoms with Crippen molar-refractivity contribution < 1.29 is 57.2 Å². The van der Waals surface area contributed by atoms with E-state index in [0.717, 1.165) is 4.90 Å². The quantitative estimate of drug-likeness (QED) is 0.0556. The number of amides is 3.